The van der Waals surface area contributed by atoms with Gasteiger partial charge >= 0.3 is 0 Å². The molecule has 0 saturated heterocycles. The van der Waals surface area contributed by atoms with Gasteiger partial charge < -0.3 is 4.42 Å². The maximum atomic E-state index is 5.16. The van der Waals surface area contributed by atoms with Crippen LogP contribution in [0.1, 0.15) is 18.6 Å². The molecule has 1 atom stereocenters. The molecule has 50 valence electrons. The van der Waals surface area contributed by atoms with Crippen LogP contribution in [0.3, 0.4) is 0 Å². The number of alkyl halides is 1. The van der Waals surface area contributed by atoms with Gasteiger partial charge in [-0.05, 0) is 12.1 Å². The summed E-state index contributed by atoms with van der Waals surface area (Å²) in [6, 6.07) is 3.90. The van der Waals surface area contributed by atoms with Crippen molar-refractivity contribution in [2.75, 3.05) is 5.33 Å². The third kappa shape index (κ3) is 1.58. The van der Waals surface area contributed by atoms with E-state index in [4.69, 9.17) is 4.42 Å². The van der Waals surface area contributed by atoms with Crippen LogP contribution in [0.25, 0.3) is 0 Å². The van der Waals surface area contributed by atoms with Crippen molar-refractivity contribution < 1.29 is 4.42 Å². The molecular formula is C7H9BrO. The Morgan fingerprint density at radius 3 is 3.00 bits per heavy atom. The van der Waals surface area contributed by atoms with Gasteiger partial charge in [0.2, 0.25) is 0 Å². The van der Waals surface area contributed by atoms with Gasteiger partial charge in [0.05, 0.1) is 6.26 Å². The van der Waals surface area contributed by atoms with Gasteiger partial charge in [0.1, 0.15) is 5.76 Å². The molecule has 0 spiro atoms. The molecule has 1 aromatic rings. The number of furan rings is 1. The van der Waals surface area contributed by atoms with Gasteiger partial charge in [-0.3, -0.25) is 0 Å². The van der Waals surface area contributed by atoms with Crippen LogP contribution in [-0.4, -0.2) is 5.33 Å². The van der Waals surface area contributed by atoms with E-state index < -0.39 is 0 Å². The first-order chi connectivity index (χ1) is 4.34. The summed E-state index contributed by atoms with van der Waals surface area (Å²) in [6.07, 6.45) is 1.70. The molecule has 1 unspecified atom stereocenters. The van der Waals surface area contributed by atoms with Crippen LogP contribution in [0, 0.1) is 0 Å². The summed E-state index contributed by atoms with van der Waals surface area (Å²) in [7, 11) is 0. The first-order valence-electron chi connectivity index (χ1n) is 2.94. The van der Waals surface area contributed by atoms with E-state index in [-0.39, 0.29) is 0 Å². The van der Waals surface area contributed by atoms with Gasteiger partial charge in [-0.15, -0.1) is 0 Å². The Bertz CT molecular complexity index is 157. The van der Waals surface area contributed by atoms with Crippen LogP contribution < -0.4 is 0 Å². The molecule has 0 amide bonds. The lowest BCUT2D eigenvalue weighted by Crippen LogP contribution is -1.89. The summed E-state index contributed by atoms with van der Waals surface area (Å²) in [5, 5.41) is 0.959. The second-order valence-corrected chi connectivity index (χ2v) is 2.72. The largest absolute Gasteiger partial charge is 0.469 e. The number of rotatable bonds is 2. The smallest absolute Gasteiger partial charge is 0.107 e. The van der Waals surface area contributed by atoms with Crippen molar-refractivity contribution >= 4 is 15.9 Å². The predicted octanol–water partition coefficient (Wildman–Crippen LogP) is 2.78. The van der Waals surface area contributed by atoms with E-state index in [2.05, 4.69) is 22.9 Å². The fourth-order valence-corrected chi connectivity index (χ4v) is 0.967. The minimum absolute atomic E-state index is 0.486. The highest BCUT2D eigenvalue weighted by Gasteiger charge is 2.04. The highest BCUT2D eigenvalue weighted by atomic mass is 79.9. The summed E-state index contributed by atoms with van der Waals surface area (Å²) < 4.78 is 5.16. The predicted molar refractivity (Wildman–Crippen MR) is 40.9 cm³/mol. The summed E-state index contributed by atoms with van der Waals surface area (Å²) in [6.45, 7) is 2.12. The Labute approximate surface area is 63.2 Å². The fraction of sp³-hybridized carbons (Fsp3) is 0.429. The zero-order valence-electron chi connectivity index (χ0n) is 5.30. The second-order valence-electron chi connectivity index (χ2n) is 2.07. The third-order valence-electron chi connectivity index (χ3n) is 1.26. The third-order valence-corrected chi connectivity index (χ3v) is 2.23. The lowest BCUT2D eigenvalue weighted by molar-refractivity contribution is 0.490. The maximum Gasteiger partial charge on any atom is 0.107 e. The van der Waals surface area contributed by atoms with Crippen molar-refractivity contribution in [1.82, 2.24) is 0 Å². The summed E-state index contributed by atoms with van der Waals surface area (Å²) in [5.74, 6) is 1.53. The van der Waals surface area contributed by atoms with Gasteiger partial charge in [-0.2, -0.15) is 0 Å². The summed E-state index contributed by atoms with van der Waals surface area (Å²) in [4.78, 5) is 0. The topological polar surface area (TPSA) is 13.1 Å². The summed E-state index contributed by atoms with van der Waals surface area (Å²) >= 11 is 3.38. The number of hydrogen-bond donors (Lipinski definition) is 0. The van der Waals surface area contributed by atoms with Crippen LogP contribution in [0.4, 0.5) is 0 Å². The van der Waals surface area contributed by atoms with E-state index in [1.807, 2.05) is 12.1 Å². The van der Waals surface area contributed by atoms with Crippen LogP contribution in [0.15, 0.2) is 22.8 Å². The molecular weight excluding hydrogens is 180 g/mol. The fourth-order valence-electron chi connectivity index (χ4n) is 0.648. The van der Waals surface area contributed by atoms with Crippen molar-refractivity contribution in [1.29, 1.82) is 0 Å². The molecule has 0 aliphatic rings. The van der Waals surface area contributed by atoms with E-state index in [1.165, 1.54) is 0 Å². The Morgan fingerprint density at radius 2 is 2.56 bits per heavy atom. The van der Waals surface area contributed by atoms with E-state index in [1.54, 1.807) is 6.26 Å². The SMILES string of the molecule is CC(CBr)c1ccco1. The minimum Gasteiger partial charge on any atom is -0.469 e. The molecule has 0 aromatic carbocycles. The summed E-state index contributed by atoms with van der Waals surface area (Å²) in [5.41, 5.74) is 0. The van der Waals surface area contributed by atoms with Gasteiger partial charge in [0, 0.05) is 11.2 Å². The van der Waals surface area contributed by atoms with Gasteiger partial charge in [-0.1, -0.05) is 22.9 Å². The zero-order valence-corrected chi connectivity index (χ0v) is 6.89. The molecule has 2 heteroatoms. The van der Waals surface area contributed by atoms with Crippen molar-refractivity contribution in [3.63, 3.8) is 0 Å². The van der Waals surface area contributed by atoms with E-state index in [0.29, 0.717) is 5.92 Å². The molecule has 1 nitrogen and oxygen atoms in total. The Kier molecular flexibility index (Phi) is 2.34. The number of halogens is 1. The van der Waals surface area contributed by atoms with Crippen molar-refractivity contribution in [2.45, 2.75) is 12.8 Å². The molecule has 0 N–H and O–H groups in total. The van der Waals surface area contributed by atoms with E-state index in [0.717, 1.165) is 11.1 Å². The van der Waals surface area contributed by atoms with Gasteiger partial charge in [0.15, 0.2) is 0 Å². The molecule has 0 bridgehead atoms. The van der Waals surface area contributed by atoms with Crippen LogP contribution in [-0.2, 0) is 0 Å². The van der Waals surface area contributed by atoms with Crippen LogP contribution in [0.5, 0.6) is 0 Å². The molecule has 0 radical (unpaired) electrons. The molecule has 9 heavy (non-hydrogen) atoms. The van der Waals surface area contributed by atoms with Crippen LogP contribution >= 0.6 is 15.9 Å². The average molecular weight is 189 g/mol. The first-order valence-corrected chi connectivity index (χ1v) is 4.06. The average Bonchev–Trinajstić information content (AvgIpc) is 2.37. The molecule has 0 aliphatic carbocycles. The Morgan fingerprint density at radius 1 is 1.78 bits per heavy atom. The molecule has 1 aromatic heterocycles. The standard InChI is InChI=1S/C7H9BrO/c1-6(5-8)7-3-2-4-9-7/h2-4,6H,5H2,1H3. The lowest BCUT2D eigenvalue weighted by atomic mass is 10.2. The normalized spacial score (nSPS) is 13.6. The molecule has 1 heterocycles. The van der Waals surface area contributed by atoms with E-state index >= 15 is 0 Å². The van der Waals surface area contributed by atoms with Crippen molar-refractivity contribution in [3.05, 3.63) is 24.2 Å². The van der Waals surface area contributed by atoms with Gasteiger partial charge in [-0.25, -0.2) is 0 Å². The molecule has 1 rings (SSSR count). The number of hydrogen-bond acceptors (Lipinski definition) is 1. The Hall–Kier alpha value is -0.240. The van der Waals surface area contributed by atoms with Crippen molar-refractivity contribution in [2.24, 2.45) is 0 Å². The zero-order chi connectivity index (χ0) is 6.69. The van der Waals surface area contributed by atoms with Crippen molar-refractivity contribution in [3.8, 4) is 0 Å². The molecule has 0 aliphatic heterocycles. The lowest BCUT2D eigenvalue weighted by Gasteiger charge is -2.00. The Balaban J connectivity index is 2.65. The monoisotopic (exact) mass is 188 g/mol. The highest BCUT2D eigenvalue weighted by molar-refractivity contribution is 9.09. The second kappa shape index (κ2) is 3.06. The quantitative estimate of drug-likeness (QED) is 0.652. The van der Waals surface area contributed by atoms with Crippen LogP contribution in [0.2, 0.25) is 0 Å². The van der Waals surface area contributed by atoms with Gasteiger partial charge in [0.25, 0.3) is 0 Å². The molecule has 0 saturated carbocycles. The minimum atomic E-state index is 0.486. The first kappa shape index (κ1) is 6.87. The molecule has 0 fully saturated rings. The highest BCUT2D eigenvalue weighted by Crippen LogP contribution is 2.16. The maximum absolute atomic E-state index is 5.16. The van der Waals surface area contributed by atoms with E-state index in [9.17, 15) is 0 Å².